The zero-order chi connectivity index (χ0) is 12.8. The highest BCUT2D eigenvalue weighted by Gasteiger charge is 2.20. The van der Waals surface area contributed by atoms with E-state index in [1.54, 1.807) is 0 Å². The lowest BCUT2D eigenvalue weighted by Gasteiger charge is -2.14. The number of carbonyl (C=O) groups is 1. The summed E-state index contributed by atoms with van der Waals surface area (Å²) in [4.78, 5) is 12.7. The van der Waals surface area contributed by atoms with Gasteiger partial charge in [0.2, 0.25) is 0 Å². The van der Waals surface area contributed by atoms with Crippen LogP contribution in [-0.2, 0) is 9.53 Å². The van der Waals surface area contributed by atoms with Gasteiger partial charge in [-0.2, -0.15) is 0 Å². The lowest BCUT2D eigenvalue weighted by atomic mass is 10.3. The second kappa shape index (κ2) is 6.91. The van der Waals surface area contributed by atoms with Gasteiger partial charge in [0.05, 0.1) is 6.61 Å². The molecule has 94 valence electrons. The first kappa shape index (κ1) is 14.4. The topological polar surface area (TPSA) is 52.3 Å². The molecule has 1 aromatic carbocycles. The number of benzene rings is 1. The molecule has 0 aliphatic rings. The van der Waals surface area contributed by atoms with E-state index in [0.29, 0.717) is 12.3 Å². The van der Waals surface area contributed by atoms with E-state index in [-0.39, 0.29) is 11.2 Å². The zero-order valence-corrected chi connectivity index (χ0v) is 12.3. The van der Waals surface area contributed by atoms with Crippen molar-refractivity contribution in [2.24, 2.45) is 0 Å². The van der Waals surface area contributed by atoms with Crippen LogP contribution in [0.2, 0.25) is 0 Å². The Kier molecular flexibility index (Phi) is 5.85. The fraction of sp³-hybridized carbons (Fsp3) is 0.417. The lowest BCUT2D eigenvalue weighted by molar-refractivity contribution is -0.142. The Balaban J connectivity index is 2.77. The van der Waals surface area contributed by atoms with Crippen LogP contribution in [0.4, 0.5) is 5.69 Å². The summed E-state index contributed by atoms with van der Waals surface area (Å²) in [6, 6.07) is 5.57. The predicted molar refractivity (Wildman–Crippen MR) is 75.1 cm³/mol. The highest BCUT2D eigenvalue weighted by Crippen LogP contribution is 2.33. The Bertz CT molecular complexity index is 398. The van der Waals surface area contributed by atoms with Crippen LogP contribution in [0.3, 0.4) is 0 Å². The highest BCUT2D eigenvalue weighted by molar-refractivity contribution is 9.10. The van der Waals surface area contributed by atoms with Crippen molar-refractivity contribution in [2.45, 2.75) is 30.4 Å². The van der Waals surface area contributed by atoms with Crippen molar-refractivity contribution in [3.63, 3.8) is 0 Å². The maximum absolute atomic E-state index is 11.7. The molecule has 0 heterocycles. The van der Waals surface area contributed by atoms with Crippen molar-refractivity contribution < 1.29 is 9.53 Å². The average Bonchev–Trinajstić information content (AvgIpc) is 2.28. The molecule has 0 radical (unpaired) electrons. The summed E-state index contributed by atoms with van der Waals surface area (Å²) in [5.74, 6) is -0.163. The molecule has 0 saturated carbocycles. The molecule has 0 aliphatic carbocycles. The molecule has 3 nitrogen and oxygen atoms in total. The average molecular weight is 318 g/mol. The maximum Gasteiger partial charge on any atom is 0.319 e. The molecular weight excluding hydrogens is 302 g/mol. The van der Waals surface area contributed by atoms with Crippen molar-refractivity contribution in [3.05, 3.63) is 22.7 Å². The van der Waals surface area contributed by atoms with Crippen molar-refractivity contribution in [3.8, 4) is 0 Å². The summed E-state index contributed by atoms with van der Waals surface area (Å²) < 4.78 is 5.94. The third-order valence-electron chi connectivity index (χ3n) is 2.15. The van der Waals surface area contributed by atoms with Gasteiger partial charge in [-0.15, -0.1) is 11.8 Å². The third kappa shape index (κ3) is 4.24. The maximum atomic E-state index is 11.7. The number of hydrogen-bond donors (Lipinski definition) is 1. The van der Waals surface area contributed by atoms with E-state index in [2.05, 4.69) is 15.9 Å². The van der Waals surface area contributed by atoms with E-state index < -0.39 is 0 Å². The molecule has 1 unspecified atom stereocenters. The monoisotopic (exact) mass is 317 g/mol. The van der Waals surface area contributed by atoms with E-state index >= 15 is 0 Å². The van der Waals surface area contributed by atoms with Gasteiger partial charge in [-0.1, -0.05) is 6.92 Å². The van der Waals surface area contributed by atoms with Gasteiger partial charge in [0, 0.05) is 15.1 Å². The third-order valence-corrected chi connectivity index (χ3v) is 4.48. The number of rotatable bonds is 5. The summed E-state index contributed by atoms with van der Waals surface area (Å²) in [5, 5.41) is -0.171. The Morgan fingerprint density at radius 1 is 1.53 bits per heavy atom. The fourth-order valence-electron chi connectivity index (χ4n) is 1.30. The fourth-order valence-corrected chi connectivity index (χ4v) is 2.93. The van der Waals surface area contributed by atoms with Gasteiger partial charge in [-0.05, 0) is 47.5 Å². The number of carbonyl (C=O) groups excluding carboxylic acids is 1. The number of halogens is 1. The van der Waals surface area contributed by atoms with Gasteiger partial charge < -0.3 is 10.5 Å². The van der Waals surface area contributed by atoms with Gasteiger partial charge in [0.15, 0.2) is 0 Å². The van der Waals surface area contributed by atoms with Crippen molar-refractivity contribution >= 4 is 39.3 Å². The number of anilines is 1. The summed E-state index contributed by atoms with van der Waals surface area (Å²) in [7, 11) is 0. The number of ether oxygens (including phenoxy) is 1. The SMILES string of the molecule is CCOC(=O)C(CC)Sc1ccc(N)cc1Br. The van der Waals surface area contributed by atoms with E-state index in [1.807, 2.05) is 32.0 Å². The highest BCUT2D eigenvalue weighted by atomic mass is 79.9. The normalized spacial score (nSPS) is 12.2. The number of esters is 1. The Hall–Kier alpha value is -0.680. The molecule has 0 saturated heterocycles. The van der Waals surface area contributed by atoms with Crippen LogP contribution in [0, 0.1) is 0 Å². The number of nitrogens with two attached hydrogens (primary N) is 1. The van der Waals surface area contributed by atoms with Crippen molar-refractivity contribution in [2.75, 3.05) is 12.3 Å². The molecule has 0 aromatic heterocycles. The van der Waals surface area contributed by atoms with Crippen LogP contribution >= 0.6 is 27.7 Å². The Labute approximate surface area is 114 Å². The molecule has 0 fully saturated rings. The molecule has 1 rings (SSSR count). The molecular formula is C12H16BrNO2S. The minimum absolute atomic E-state index is 0.163. The van der Waals surface area contributed by atoms with Crippen LogP contribution in [0.25, 0.3) is 0 Å². The van der Waals surface area contributed by atoms with Gasteiger partial charge >= 0.3 is 5.97 Å². The summed E-state index contributed by atoms with van der Waals surface area (Å²) >= 11 is 4.94. The van der Waals surface area contributed by atoms with Gasteiger partial charge in [-0.3, -0.25) is 4.79 Å². The number of hydrogen-bond acceptors (Lipinski definition) is 4. The molecule has 1 aromatic rings. The van der Waals surface area contributed by atoms with E-state index in [0.717, 1.165) is 15.8 Å². The summed E-state index contributed by atoms with van der Waals surface area (Å²) in [6.45, 7) is 4.20. The second-order valence-electron chi connectivity index (χ2n) is 3.46. The molecule has 17 heavy (non-hydrogen) atoms. The molecule has 0 amide bonds. The Morgan fingerprint density at radius 3 is 2.76 bits per heavy atom. The van der Waals surface area contributed by atoms with Crippen molar-refractivity contribution in [1.82, 2.24) is 0 Å². The second-order valence-corrected chi connectivity index (χ2v) is 5.56. The lowest BCUT2D eigenvalue weighted by Crippen LogP contribution is -2.19. The van der Waals surface area contributed by atoms with Crippen LogP contribution in [-0.4, -0.2) is 17.8 Å². The van der Waals surface area contributed by atoms with Crippen LogP contribution in [0.15, 0.2) is 27.6 Å². The molecule has 0 spiro atoms. The molecule has 0 bridgehead atoms. The molecule has 5 heteroatoms. The van der Waals surface area contributed by atoms with Crippen LogP contribution in [0.5, 0.6) is 0 Å². The largest absolute Gasteiger partial charge is 0.465 e. The smallest absolute Gasteiger partial charge is 0.319 e. The predicted octanol–water partition coefficient (Wildman–Crippen LogP) is 3.47. The minimum Gasteiger partial charge on any atom is -0.465 e. The number of nitrogen functional groups attached to an aromatic ring is 1. The van der Waals surface area contributed by atoms with Crippen LogP contribution < -0.4 is 5.73 Å². The van der Waals surface area contributed by atoms with E-state index in [1.165, 1.54) is 11.8 Å². The first-order valence-corrected chi connectivity index (χ1v) is 7.14. The summed E-state index contributed by atoms with van der Waals surface area (Å²) in [6.07, 6.45) is 0.736. The first-order chi connectivity index (χ1) is 8.08. The van der Waals surface area contributed by atoms with Crippen molar-refractivity contribution in [1.29, 1.82) is 0 Å². The molecule has 2 N–H and O–H groups in total. The van der Waals surface area contributed by atoms with Gasteiger partial charge in [0.25, 0.3) is 0 Å². The first-order valence-electron chi connectivity index (χ1n) is 5.46. The van der Waals surface area contributed by atoms with Crippen LogP contribution in [0.1, 0.15) is 20.3 Å². The van der Waals surface area contributed by atoms with E-state index in [4.69, 9.17) is 10.5 Å². The molecule has 0 aliphatic heterocycles. The van der Waals surface area contributed by atoms with Gasteiger partial charge in [0.1, 0.15) is 5.25 Å². The van der Waals surface area contributed by atoms with Gasteiger partial charge in [-0.25, -0.2) is 0 Å². The molecule has 1 atom stereocenters. The zero-order valence-electron chi connectivity index (χ0n) is 9.90. The quantitative estimate of drug-likeness (QED) is 0.513. The standard InChI is InChI=1S/C12H16BrNO2S/c1-3-10(12(15)16-4-2)17-11-6-5-8(14)7-9(11)13/h5-7,10H,3-4,14H2,1-2H3. The van der Waals surface area contributed by atoms with E-state index in [9.17, 15) is 4.79 Å². The number of thioether (sulfide) groups is 1. The minimum atomic E-state index is -0.171. The Morgan fingerprint density at radius 2 is 2.24 bits per heavy atom. The summed E-state index contributed by atoms with van der Waals surface area (Å²) in [5.41, 5.74) is 6.37.